The summed E-state index contributed by atoms with van der Waals surface area (Å²) in [6, 6.07) is 26.6. The van der Waals surface area contributed by atoms with Gasteiger partial charge in [-0.25, -0.2) is 0 Å². The van der Waals surface area contributed by atoms with E-state index >= 15 is 0 Å². The van der Waals surface area contributed by atoms with Crippen molar-refractivity contribution in [3.63, 3.8) is 0 Å². The summed E-state index contributed by atoms with van der Waals surface area (Å²) in [6.45, 7) is 2.83. The fraction of sp³-hybridized carbons (Fsp3) is 0.293. The molecule has 4 aromatic carbocycles. The number of hydrogen-bond donors (Lipinski definition) is 3. The minimum absolute atomic E-state index is 0.00365. The van der Waals surface area contributed by atoms with Crippen LogP contribution in [-0.4, -0.2) is 64.8 Å². The molecule has 3 amide bonds. The van der Waals surface area contributed by atoms with Gasteiger partial charge in [0.05, 0.1) is 38.2 Å². The molecule has 2 aliphatic rings. The smallest absolute Gasteiger partial charge is 0.264 e. The second-order valence-corrected chi connectivity index (χ2v) is 13.5. The molecule has 3 N–H and O–H groups in total. The van der Waals surface area contributed by atoms with Crippen molar-refractivity contribution in [2.24, 2.45) is 5.92 Å². The fourth-order valence-electron chi connectivity index (χ4n) is 7.20. The summed E-state index contributed by atoms with van der Waals surface area (Å²) in [7, 11) is 3.14. The van der Waals surface area contributed by atoms with Crippen LogP contribution in [0.2, 0.25) is 0 Å². The maximum atomic E-state index is 14.7. The van der Waals surface area contributed by atoms with Gasteiger partial charge in [-0.05, 0) is 97.3 Å². The number of aromatic nitrogens is 3. The van der Waals surface area contributed by atoms with Gasteiger partial charge in [0.25, 0.3) is 17.7 Å². The first-order chi connectivity index (χ1) is 26.2. The van der Waals surface area contributed by atoms with E-state index in [1.165, 1.54) is 0 Å². The van der Waals surface area contributed by atoms with Crippen LogP contribution in [0.3, 0.4) is 0 Å². The van der Waals surface area contributed by atoms with Crippen molar-refractivity contribution in [1.29, 1.82) is 0 Å². The van der Waals surface area contributed by atoms with E-state index in [4.69, 9.17) is 14.2 Å². The average Bonchev–Trinajstić information content (AvgIpc) is 3.86. The molecule has 2 aliphatic heterocycles. The minimum Gasteiger partial charge on any atom is -0.497 e. The van der Waals surface area contributed by atoms with Crippen molar-refractivity contribution in [3.8, 4) is 11.5 Å². The summed E-state index contributed by atoms with van der Waals surface area (Å²) in [5, 5.41) is 23.5. The minimum atomic E-state index is -1.27. The van der Waals surface area contributed by atoms with Crippen LogP contribution in [0, 0.1) is 5.92 Å². The Bertz CT molecular complexity index is 2130. The summed E-state index contributed by atoms with van der Waals surface area (Å²) in [6.07, 6.45) is 3.25. The Kier molecular flexibility index (Phi) is 10.4. The number of aliphatic hydroxyl groups excluding tert-OH is 1. The number of aliphatic hydroxyl groups is 1. The summed E-state index contributed by atoms with van der Waals surface area (Å²) >= 11 is 0. The molecule has 0 radical (unpaired) electrons. The van der Waals surface area contributed by atoms with E-state index < -0.39 is 5.60 Å². The molecule has 3 heterocycles. The van der Waals surface area contributed by atoms with Crippen molar-refractivity contribution in [2.45, 2.75) is 51.0 Å². The summed E-state index contributed by atoms with van der Waals surface area (Å²) in [5.41, 5.74) is 3.83. The first-order valence-corrected chi connectivity index (χ1v) is 17.8. The van der Waals surface area contributed by atoms with Crippen molar-refractivity contribution in [3.05, 3.63) is 125 Å². The zero-order valence-corrected chi connectivity index (χ0v) is 30.3. The van der Waals surface area contributed by atoms with Gasteiger partial charge >= 0.3 is 0 Å². The van der Waals surface area contributed by atoms with E-state index in [9.17, 15) is 19.5 Å². The van der Waals surface area contributed by atoms with Gasteiger partial charge in [-0.3, -0.25) is 19.1 Å². The number of rotatable bonds is 13. The predicted molar refractivity (Wildman–Crippen MR) is 202 cm³/mol. The zero-order valence-electron chi connectivity index (χ0n) is 30.3. The van der Waals surface area contributed by atoms with Gasteiger partial charge in [0, 0.05) is 59.8 Å². The lowest BCUT2D eigenvalue weighted by molar-refractivity contribution is -0.146. The lowest BCUT2D eigenvalue weighted by Gasteiger charge is -2.28. The van der Waals surface area contributed by atoms with Crippen LogP contribution in [-0.2, 0) is 34.6 Å². The number of carbonyl (C=O) groups excluding carboxylic acids is 3. The Labute approximate surface area is 312 Å². The van der Waals surface area contributed by atoms with E-state index in [0.29, 0.717) is 76.8 Å². The number of methoxy groups -OCH3 is 2. The molecule has 54 heavy (non-hydrogen) atoms. The summed E-state index contributed by atoms with van der Waals surface area (Å²) in [5.74, 6) is 0.421. The molecule has 0 bridgehead atoms. The highest BCUT2D eigenvalue weighted by Crippen LogP contribution is 2.54. The molecule has 0 saturated carbocycles. The maximum Gasteiger partial charge on any atom is 0.264 e. The number of hydrogen-bond acceptors (Lipinski definition) is 9. The summed E-state index contributed by atoms with van der Waals surface area (Å²) < 4.78 is 19.0. The number of anilines is 3. The predicted octanol–water partition coefficient (Wildman–Crippen LogP) is 5.59. The van der Waals surface area contributed by atoms with E-state index in [-0.39, 0.29) is 42.9 Å². The Morgan fingerprint density at radius 3 is 2.11 bits per heavy atom. The quantitative estimate of drug-likeness (QED) is 0.141. The number of nitrogens with zero attached hydrogens (tertiary/aromatic N) is 4. The molecule has 13 heteroatoms. The number of carbonyl (C=O) groups is 3. The molecule has 1 aromatic heterocycles. The largest absolute Gasteiger partial charge is 0.497 e. The van der Waals surface area contributed by atoms with Crippen molar-refractivity contribution in [1.82, 2.24) is 15.0 Å². The second kappa shape index (κ2) is 15.5. The third-order valence-corrected chi connectivity index (χ3v) is 10.1. The molecular formula is C41H42N6O7. The van der Waals surface area contributed by atoms with E-state index in [1.807, 2.05) is 49.5 Å². The fourth-order valence-corrected chi connectivity index (χ4v) is 7.20. The average molecular weight is 731 g/mol. The maximum absolute atomic E-state index is 14.7. The molecule has 13 nitrogen and oxygen atoms in total. The van der Waals surface area contributed by atoms with Gasteiger partial charge in [0.2, 0.25) is 0 Å². The molecule has 0 unspecified atom stereocenters. The van der Waals surface area contributed by atoms with Gasteiger partial charge < -0.3 is 34.9 Å². The molecule has 278 valence electrons. The molecular weight excluding hydrogens is 688 g/mol. The summed E-state index contributed by atoms with van der Waals surface area (Å²) in [4.78, 5) is 42.6. The molecule has 0 aliphatic carbocycles. The number of nitrogens with one attached hydrogen (secondary N) is 2. The molecule has 5 aromatic rings. The normalized spacial score (nSPS) is 18.8. The monoisotopic (exact) mass is 730 g/mol. The van der Waals surface area contributed by atoms with Gasteiger partial charge in [-0.15, -0.1) is 5.10 Å². The van der Waals surface area contributed by atoms with E-state index in [1.54, 1.807) is 78.4 Å². The van der Waals surface area contributed by atoms with Crippen LogP contribution in [0.25, 0.3) is 0 Å². The number of aryl methyl sites for hydroxylation is 1. The molecule has 1 fully saturated rings. The van der Waals surface area contributed by atoms with E-state index in [2.05, 4.69) is 20.9 Å². The topological polar surface area (TPSA) is 157 Å². The first kappa shape index (κ1) is 36.3. The molecule has 1 saturated heterocycles. The third-order valence-electron chi connectivity index (χ3n) is 10.1. The number of amides is 3. The highest BCUT2D eigenvalue weighted by Gasteiger charge is 2.60. The van der Waals surface area contributed by atoms with Gasteiger partial charge in [0.1, 0.15) is 11.5 Å². The number of fused-ring (bicyclic) bond motifs is 2. The van der Waals surface area contributed by atoms with Crippen LogP contribution < -0.4 is 25.0 Å². The molecule has 7 rings (SSSR count). The van der Waals surface area contributed by atoms with Gasteiger partial charge in [-0.2, -0.15) is 0 Å². The third kappa shape index (κ3) is 7.28. The van der Waals surface area contributed by atoms with Crippen molar-refractivity contribution in [2.75, 3.05) is 36.4 Å². The number of ether oxygens (including phenoxy) is 3. The Balaban J connectivity index is 1.12. The SMILES string of the molecule is COc1ccc(C(=O)Nc2ccc(CN3C(=O)[C@]4(O[C@H](CCn5cc(CCO)nn5)C[C@@H]4C)c4cc(NC(=O)c5ccc(OC)cc5)ccc43)cc2)cc1. The second-order valence-electron chi connectivity index (χ2n) is 13.5. The highest BCUT2D eigenvalue weighted by molar-refractivity contribution is 6.09. The lowest BCUT2D eigenvalue weighted by atomic mass is 9.82. The van der Waals surface area contributed by atoms with Crippen LogP contribution in [0.1, 0.15) is 57.3 Å². The standard InChI is InChI=1S/C41H42N6O7/c1-26-22-35(18-20-46-25-32(19-21-48)44-45-46)54-41(26)36-23-31(43-39(50)29-8-15-34(53-3)16-9-29)12-17-37(36)47(40(41)51)24-27-4-10-30(11-5-27)42-38(49)28-6-13-33(52-2)14-7-28/h4-17,23,25-26,35,48H,18-22,24H2,1-3H3,(H,42,49)(H,43,50)/t26-,35+,41+/m0/s1. The Morgan fingerprint density at radius 2 is 1.50 bits per heavy atom. The van der Waals surface area contributed by atoms with Crippen LogP contribution in [0.5, 0.6) is 11.5 Å². The van der Waals surface area contributed by atoms with Crippen LogP contribution >= 0.6 is 0 Å². The molecule has 1 spiro atoms. The lowest BCUT2D eigenvalue weighted by Crippen LogP contribution is -2.43. The first-order valence-electron chi connectivity index (χ1n) is 17.8. The van der Waals surface area contributed by atoms with Crippen molar-refractivity contribution >= 4 is 34.8 Å². The zero-order chi connectivity index (χ0) is 37.8. The molecule has 3 atom stereocenters. The van der Waals surface area contributed by atoms with Crippen LogP contribution in [0.4, 0.5) is 17.1 Å². The van der Waals surface area contributed by atoms with E-state index in [0.717, 1.165) is 5.56 Å². The Hall–Kier alpha value is -6.05. The van der Waals surface area contributed by atoms with Crippen molar-refractivity contribution < 1.29 is 33.7 Å². The van der Waals surface area contributed by atoms with Gasteiger partial charge in [-0.1, -0.05) is 24.3 Å². The number of benzene rings is 4. The van der Waals surface area contributed by atoms with Gasteiger partial charge in [0.15, 0.2) is 5.60 Å². The highest BCUT2D eigenvalue weighted by atomic mass is 16.5. The van der Waals surface area contributed by atoms with Crippen LogP contribution in [0.15, 0.2) is 97.2 Å². The Morgan fingerprint density at radius 1 is 0.889 bits per heavy atom.